The zero-order valence-electron chi connectivity index (χ0n) is 14.7. The van der Waals surface area contributed by atoms with Gasteiger partial charge in [0.05, 0.1) is 0 Å². The van der Waals surface area contributed by atoms with Crippen LogP contribution < -0.4 is 15.8 Å². The number of guanidine groups is 1. The highest BCUT2D eigenvalue weighted by Crippen LogP contribution is 2.23. The van der Waals surface area contributed by atoms with Crippen LogP contribution in [-0.4, -0.2) is 24.1 Å². The second-order valence-corrected chi connectivity index (χ2v) is 6.36. The summed E-state index contributed by atoms with van der Waals surface area (Å²) in [7, 11) is 0. The molecule has 132 valence electrons. The predicted molar refractivity (Wildman–Crippen MR) is 98.9 cm³/mol. The number of carbonyl (C=O) groups excluding carboxylic acids is 1. The molecule has 2 rings (SSSR count). The van der Waals surface area contributed by atoms with Crippen molar-refractivity contribution in [3.05, 3.63) is 54.6 Å². The van der Waals surface area contributed by atoms with Gasteiger partial charge in [0.25, 0.3) is 0 Å². The van der Waals surface area contributed by atoms with E-state index < -0.39 is 11.6 Å². The van der Waals surface area contributed by atoms with E-state index in [1.165, 1.54) is 0 Å². The smallest absolute Gasteiger partial charge is 0.328 e. The zero-order chi connectivity index (χ0) is 18.3. The second kappa shape index (κ2) is 8.19. The SMILES string of the molecule is CC(C)(C)OC(=O)CN=C(N)Nc1cccc(Oc2ccccc2)c1. The van der Waals surface area contributed by atoms with Gasteiger partial charge in [0, 0.05) is 11.8 Å². The Balaban J connectivity index is 1.94. The molecule has 0 unspecified atom stereocenters. The first-order valence-corrected chi connectivity index (χ1v) is 7.93. The third-order valence-electron chi connectivity index (χ3n) is 2.88. The molecule has 0 aromatic heterocycles. The van der Waals surface area contributed by atoms with E-state index in [0.29, 0.717) is 11.4 Å². The molecular weight excluding hydrogens is 318 g/mol. The number of carbonyl (C=O) groups is 1. The quantitative estimate of drug-likeness (QED) is 0.493. The maximum absolute atomic E-state index is 11.6. The monoisotopic (exact) mass is 341 g/mol. The highest BCUT2D eigenvalue weighted by Gasteiger charge is 2.15. The van der Waals surface area contributed by atoms with E-state index in [-0.39, 0.29) is 12.5 Å². The number of para-hydroxylation sites is 1. The van der Waals surface area contributed by atoms with E-state index in [1.807, 2.05) is 48.5 Å². The molecule has 2 aromatic rings. The molecule has 0 bridgehead atoms. The van der Waals surface area contributed by atoms with Gasteiger partial charge in [-0.3, -0.25) is 4.79 Å². The van der Waals surface area contributed by atoms with Gasteiger partial charge in [0.2, 0.25) is 0 Å². The Kier molecular flexibility index (Phi) is 6.00. The van der Waals surface area contributed by atoms with Crippen molar-refractivity contribution in [2.45, 2.75) is 26.4 Å². The van der Waals surface area contributed by atoms with Crippen LogP contribution in [0.3, 0.4) is 0 Å². The van der Waals surface area contributed by atoms with Crippen molar-refractivity contribution < 1.29 is 14.3 Å². The first-order valence-electron chi connectivity index (χ1n) is 7.93. The van der Waals surface area contributed by atoms with Crippen molar-refractivity contribution in [2.24, 2.45) is 10.7 Å². The average Bonchev–Trinajstić information content (AvgIpc) is 2.53. The third-order valence-corrected chi connectivity index (χ3v) is 2.88. The molecule has 0 radical (unpaired) electrons. The third kappa shape index (κ3) is 6.95. The van der Waals surface area contributed by atoms with Crippen molar-refractivity contribution in [1.82, 2.24) is 0 Å². The van der Waals surface area contributed by atoms with Gasteiger partial charge in [-0.15, -0.1) is 0 Å². The Morgan fingerprint density at radius 3 is 2.44 bits per heavy atom. The van der Waals surface area contributed by atoms with Gasteiger partial charge >= 0.3 is 5.97 Å². The number of nitrogens with zero attached hydrogens (tertiary/aromatic N) is 1. The molecule has 25 heavy (non-hydrogen) atoms. The number of esters is 1. The molecule has 6 nitrogen and oxygen atoms in total. The van der Waals surface area contributed by atoms with Crippen LogP contribution >= 0.6 is 0 Å². The van der Waals surface area contributed by atoms with Crippen LogP contribution in [0.4, 0.5) is 5.69 Å². The van der Waals surface area contributed by atoms with E-state index in [0.717, 1.165) is 5.75 Å². The normalized spacial score (nSPS) is 11.7. The zero-order valence-corrected chi connectivity index (χ0v) is 14.7. The molecule has 0 spiro atoms. The second-order valence-electron chi connectivity index (χ2n) is 6.36. The van der Waals surface area contributed by atoms with Gasteiger partial charge in [-0.05, 0) is 45.0 Å². The van der Waals surface area contributed by atoms with Crippen LogP contribution in [-0.2, 0) is 9.53 Å². The van der Waals surface area contributed by atoms with Crippen LogP contribution in [0.2, 0.25) is 0 Å². The van der Waals surface area contributed by atoms with Crippen molar-refractivity contribution in [2.75, 3.05) is 11.9 Å². The van der Waals surface area contributed by atoms with Crippen LogP contribution in [0.1, 0.15) is 20.8 Å². The lowest BCUT2D eigenvalue weighted by molar-refractivity contribution is -0.152. The molecule has 2 aromatic carbocycles. The molecule has 3 N–H and O–H groups in total. The lowest BCUT2D eigenvalue weighted by Crippen LogP contribution is -2.28. The molecular formula is C19H23N3O3. The lowest BCUT2D eigenvalue weighted by atomic mass is 10.2. The van der Waals surface area contributed by atoms with E-state index >= 15 is 0 Å². The van der Waals surface area contributed by atoms with Crippen molar-refractivity contribution in [1.29, 1.82) is 0 Å². The molecule has 0 aliphatic carbocycles. The molecule has 0 heterocycles. The van der Waals surface area contributed by atoms with Gasteiger partial charge in [0.1, 0.15) is 23.6 Å². The topological polar surface area (TPSA) is 85.9 Å². The number of rotatable bonds is 5. The van der Waals surface area contributed by atoms with Crippen LogP contribution in [0.5, 0.6) is 11.5 Å². The predicted octanol–water partition coefficient (Wildman–Crippen LogP) is 3.55. The summed E-state index contributed by atoms with van der Waals surface area (Å²) >= 11 is 0. The number of benzene rings is 2. The Morgan fingerprint density at radius 2 is 1.76 bits per heavy atom. The number of hydrogen-bond donors (Lipinski definition) is 2. The Morgan fingerprint density at radius 1 is 1.08 bits per heavy atom. The Labute approximate surface area is 147 Å². The molecule has 0 saturated carbocycles. The Hall–Kier alpha value is -3.02. The number of ether oxygens (including phenoxy) is 2. The molecule has 0 aliphatic heterocycles. The van der Waals surface area contributed by atoms with Crippen LogP contribution in [0.15, 0.2) is 59.6 Å². The van der Waals surface area contributed by atoms with E-state index in [2.05, 4.69) is 10.3 Å². The van der Waals surface area contributed by atoms with E-state index in [1.54, 1.807) is 26.8 Å². The van der Waals surface area contributed by atoms with Crippen molar-refractivity contribution in [3.63, 3.8) is 0 Å². The van der Waals surface area contributed by atoms with E-state index in [9.17, 15) is 4.79 Å². The summed E-state index contributed by atoms with van der Waals surface area (Å²) in [6.07, 6.45) is 0. The van der Waals surface area contributed by atoms with Gasteiger partial charge in [-0.25, -0.2) is 4.99 Å². The van der Waals surface area contributed by atoms with Crippen molar-refractivity contribution in [3.8, 4) is 11.5 Å². The molecule has 6 heteroatoms. The first kappa shape index (κ1) is 18.3. The molecule has 0 aliphatic rings. The van der Waals surface area contributed by atoms with Gasteiger partial charge < -0.3 is 20.5 Å². The fourth-order valence-electron chi connectivity index (χ4n) is 1.97. The average molecular weight is 341 g/mol. The number of hydrogen-bond acceptors (Lipinski definition) is 4. The summed E-state index contributed by atoms with van der Waals surface area (Å²) in [6, 6.07) is 16.8. The summed E-state index contributed by atoms with van der Waals surface area (Å²) in [5.74, 6) is 1.10. The van der Waals surface area contributed by atoms with Crippen molar-refractivity contribution >= 4 is 17.6 Å². The maximum atomic E-state index is 11.6. The molecule has 0 fully saturated rings. The number of nitrogens with two attached hydrogens (primary N) is 1. The van der Waals surface area contributed by atoms with E-state index in [4.69, 9.17) is 15.2 Å². The highest BCUT2D eigenvalue weighted by atomic mass is 16.6. The minimum absolute atomic E-state index is 0.128. The molecule has 0 saturated heterocycles. The molecule has 0 amide bonds. The Bertz CT molecular complexity index is 737. The minimum atomic E-state index is -0.544. The number of aliphatic imine (C=N–C) groups is 1. The highest BCUT2D eigenvalue weighted by molar-refractivity contribution is 5.93. The standard InChI is InChI=1S/C19H23N3O3/c1-19(2,3)25-17(23)13-21-18(20)22-14-8-7-11-16(12-14)24-15-9-5-4-6-10-15/h4-12H,13H2,1-3H3,(H3,20,21,22). The number of anilines is 1. The summed E-state index contributed by atoms with van der Waals surface area (Å²) in [6.45, 7) is 5.26. The summed E-state index contributed by atoms with van der Waals surface area (Å²) in [5, 5.41) is 2.93. The summed E-state index contributed by atoms with van der Waals surface area (Å²) in [4.78, 5) is 15.6. The van der Waals surface area contributed by atoms with Crippen LogP contribution in [0, 0.1) is 0 Å². The van der Waals surface area contributed by atoms with Crippen LogP contribution in [0.25, 0.3) is 0 Å². The fourth-order valence-corrected chi connectivity index (χ4v) is 1.97. The number of nitrogens with one attached hydrogen (secondary N) is 1. The largest absolute Gasteiger partial charge is 0.459 e. The maximum Gasteiger partial charge on any atom is 0.328 e. The van der Waals surface area contributed by atoms with Gasteiger partial charge in [-0.2, -0.15) is 0 Å². The van der Waals surface area contributed by atoms with Gasteiger partial charge in [-0.1, -0.05) is 24.3 Å². The fraction of sp³-hybridized carbons (Fsp3) is 0.263. The minimum Gasteiger partial charge on any atom is -0.459 e. The summed E-state index contributed by atoms with van der Waals surface area (Å²) < 4.78 is 10.9. The first-order chi connectivity index (χ1) is 11.8. The lowest BCUT2D eigenvalue weighted by Gasteiger charge is -2.18. The molecule has 0 atom stereocenters. The van der Waals surface area contributed by atoms with Gasteiger partial charge in [0.15, 0.2) is 5.96 Å². The summed E-state index contributed by atoms with van der Waals surface area (Å²) in [5.41, 5.74) is 5.97.